The first kappa shape index (κ1) is 17.9. The SMILES string of the molecule is COCC(CN)(C(C)C)N(CC(C)C)CC(C)C. The van der Waals surface area contributed by atoms with E-state index in [0.29, 0.717) is 30.9 Å². The van der Waals surface area contributed by atoms with Crippen LogP contribution < -0.4 is 5.73 Å². The molecule has 0 aromatic carbocycles. The molecule has 0 saturated heterocycles. The Balaban J connectivity index is 5.16. The third kappa shape index (κ3) is 4.87. The molecule has 18 heavy (non-hydrogen) atoms. The first-order valence-corrected chi connectivity index (χ1v) is 7.24. The Kier molecular flexibility index (Phi) is 8.08. The van der Waals surface area contributed by atoms with Crippen LogP contribution in [0.2, 0.25) is 0 Å². The van der Waals surface area contributed by atoms with Crippen molar-refractivity contribution in [2.24, 2.45) is 23.5 Å². The Bertz CT molecular complexity index is 207. The van der Waals surface area contributed by atoms with Crippen molar-refractivity contribution < 1.29 is 4.74 Å². The van der Waals surface area contributed by atoms with Gasteiger partial charge in [0, 0.05) is 26.7 Å². The highest BCUT2D eigenvalue weighted by molar-refractivity contribution is 4.95. The quantitative estimate of drug-likeness (QED) is 0.691. The maximum absolute atomic E-state index is 6.13. The summed E-state index contributed by atoms with van der Waals surface area (Å²) < 4.78 is 5.48. The van der Waals surface area contributed by atoms with E-state index < -0.39 is 0 Å². The lowest BCUT2D eigenvalue weighted by molar-refractivity contribution is -0.0280. The predicted octanol–water partition coefficient (Wildman–Crippen LogP) is 2.60. The highest BCUT2D eigenvalue weighted by atomic mass is 16.5. The van der Waals surface area contributed by atoms with Gasteiger partial charge in [-0.05, 0) is 17.8 Å². The van der Waals surface area contributed by atoms with Crippen molar-refractivity contribution in [3.8, 4) is 0 Å². The Labute approximate surface area is 114 Å². The van der Waals surface area contributed by atoms with Crippen LogP contribution in [-0.4, -0.2) is 43.8 Å². The summed E-state index contributed by atoms with van der Waals surface area (Å²) in [6.45, 7) is 17.1. The summed E-state index contributed by atoms with van der Waals surface area (Å²) in [7, 11) is 1.77. The van der Waals surface area contributed by atoms with Crippen LogP contribution in [0.4, 0.5) is 0 Å². The van der Waals surface area contributed by atoms with Gasteiger partial charge in [0.05, 0.1) is 12.1 Å². The maximum atomic E-state index is 6.13. The molecule has 0 spiro atoms. The monoisotopic (exact) mass is 258 g/mol. The summed E-state index contributed by atoms with van der Waals surface area (Å²) in [6, 6.07) is 0. The molecule has 0 bridgehead atoms. The lowest BCUT2D eigenvalue weighted by Crippen LogP contribution is -2.62. The number of hydrogen-bond acceptors (Lipinski definition) is 3. The fourth-order valence-corrected chi connectivity index (χ4v) is 2.62. The average Bonchev–Trinajstić information content (AvgIpc) is 2.23. The van der Waals surface area contributed by atoms with Gasteiger partial charge in [0.1, 0.15) is 0 Å². The Hall–Kier alpha value is -0.120. The van der Waals surface area contributed by atoms with Crippen LogP contribution in [0.25, 0.3) is 0 Å². The summed E-state index contributed by atoms with van der Waals surface area (Å²) in [5.74, 6) is 1.77. The van der Waals surface area contributed by atoms with E-state index in [9.17, 15) is 0 Å². The zero-order valence-electron chi connectivity index (χ0n) is 13.5. The summed E-state index contributed by atoms with van der Waals surface area (Å²) in [5.41, 5.74) is 6.09. The smallest absolute Gasteiger partial charge is 0.0661 e. The van der Waals surface area contributed by atoms with Crippen molar-refractivity contribution in [1.29, 1.82) is 0 Å². The van der Waals surface area contributed by atoms with Crippen LogP contribution in [-0.2, 0) is 4.74 Å². The Morgan fingerprint density at radius 2 is 1.44 bits per heavy atom. The standard InChI is InChI=1S/C15H34N2O/c1-12(2)8-17(9-13(3)4)15(10-16,11-18-7)14(5)6/h12-14H,8-11,16H2,1-7H3. The number of rotatable bonds is 9. The molecule has 0 amide bonds. The fraction of sp³-hybridized carbons (Fsp3) is 1.00. The lowest BCUT2D eigenvalue weighted by Gasteiger charge is -2.47. The summed E-state index contributed by atoms with van der Waals surface area (Å²) in [4.78, 5) is 2.55. The van der Waals surface area contributed by atoms with Gasteiger partial charge in [-0.1, -0.05) is 41.5 Å². The van der Waals surface area contributed by atoms with E-state index in [1.807, 2.05) is 0 Å². The van der Waals surface area contributed by atoms with Crippen molar-refractivity contribution in [1.82, 2.24) is 4.90 Å². The number of nitrogens with zero attached hydrogens (tertiary/aromatic N) is 1. The molecule has 1 atom stereocenters. The minimum Gasteiger partial charge on any atom is -0.383 e. The van der Waals surface area contributed by atoms with Crippen LogP contribution in [0.1, 0.15) is 41.5 Å². The fourth-order valence-electron chi connectivity index (χ4n) is 2.62. The van der Waals surface area contributed by atoms with Crippen molar-refractivity contribution in [2.45, 2.75) is 47.1 Å². The largest absolute Gasteiger partial charge is 0.383 e. The molecule has 110 valence electrons. The van der Waals surface area contributed by atoms with Crippen LogP contribution in [0, 0.1) is 17.8 Å². The lowest BCUT2D eigenvalue weighted by atomic mass is 9.84. The molecule has 0 aromatic rings. The molecule has 0 aliphatic carbocycles. The number of methoxy groups -OCH3 is 1. The summed E-state index contributed by atoms with van der Waals surface area (Å²) >= 11 is 0. The van der Waals surface area contributed by atoms with E-state index in [4.69, 9.17) is 10.5 Å². The van der Waals surface area contributed by atoms with Gasteiger partial charge in [0.25, 0.3) is 0 Å². The van der Waals surface area contributed by atoms with Gasteiger partial charge in [-0.2, -0.15) is 0 Å². The number of hydrogen-bond donors (Lipinski definition) is 1. The van der Waals surface area contributed by atoms with E-state index in [1.54, 1.807) is 7.11 Å². The third-order valence-electron chi connectivity index (χ3n) is 3.62. The molecule has 0 radical (unpaired) electrons. The van der Waals surface area contributed by atoms with Gasteiger partial charge < -0.3 is 10.5 Å². The first-order chi connectivity index (χ1) is 8.30. The zero-order valence-corrected chi connectivity index (χ0v) is 13.5. The highest BCUT2D eigenvalue weighted by Gasteiger charge is 2.39. The molecule has 3 nitrogen and oxygen atoms in total. The minimum absolute atomic E-state index is 0.0384. The molecule has 0 aliphatic rings. The average molecular weight is 258 g/mol. The van der Waals surface area contributed by atoms with Gasteiger partial charge >= 0.3 is 0 Å². The van der Waals surface area contributed by atoms with E-state index in [1.165, 1.54) is 0 Å². The van der Waals surface area contributed by atoms with Crippen molar-refractivity contribution >= 4 is 0 Å². The zero-order chi connectivity index (χ0) is 14.3. The predicted molar refractivity (Wildman–Crippen MR) is 79.7 cm³/mol. The van der Waals surface area contributed by atoms with Gasteiger partial charge in [0.15, 0.2) is 0 Å². The molecule has 0 fully saturated rings. The van der Waals surface area contributed by atoms with Gasteiger partial charge in [0.2, 0.25) is 0 Å². The van der Waals surface area contributed by atoms with Crippen LogP contribution in [0.15, 0.2) is 0 Å². The second-order valence-electron chi connectivity index (χ2n) is 6.59. The number of ether oxygens (including phenoxy) is 1. The topological polar surface area (TPSA) is 38.5 Å². The first-order valence-electron chi connectivity index (χ1n) is 7.24. The Morgan fingerprint density at radius 1 is 1.00 bits per heavy atom. The molecule has 0 saturated carbocycles. The number of nitrogens with two attached hydrogens (primary N) is 1. The normalized spacial score (nSPS) is 16.0. The molecule has 1 unspecified atom stereocenters. The molecular weight excluding hydrogens is 224 g/mol. The van der Waals surface area contributed by atoms with Gasteiger partial charge in [-0.3, -0.25) is 4.90 Å². The van der Waals surface area contributed by atoms with E-state index >= 15 is 0 Å². The van der Waals surface area contributed by atoms with Crippen molar-refractivity contribution in [3.05, 3.63) is 0 Å². The molecule has 0 aliphatic heterocycles. The molecule has 0 aromatic heterocycles. The summed E-state index contributed by atoms with van der Waals surface area (Å²) in [5, 5.41) is 0. The third-order valence-corrected chi connectivity index (χ3v) is 3.62. The van der Waals surface area contributed by atoms with Crippen LogP contribution in [0.3, 0.4) is 0 Å². The van der Waals surface area contributed by atoms with E-state index in [0.717, 1.165) is 13.1 Å². The van der Waals surface area contributed by atoms with Gasteiger partial charge in [-0.25, -0.2) is 0 Å². The summed E-state index contributed by atoms with van der Waals surface area (Å²) in [6.07, 6.45) is 0. The molecule has 2 N–H and O–H groups in total. The van der Waals surface area contributed by atoms with E-state index in [2.05, 4.69) is 46.4 Å². The second kappa shape index (κ2) is 8.13. The molecule has 0 rings (SSSR count). The van der Waals surface area contributed by atoms with Crippen LogP contribution >= 0.6 is 0 Å². The van der Waals surface area contributed by atoms with Crippen molar-refractivity contribution in [2.75, 3.05) is 33.4 Å². The molecule has 3 heteroatoms. The maximum Gasteiger partial charge on any atom is 0.0661 e. The molecular formula is C15H34N2O. The minimum atomic E-state index is -0.0384. The van der Waals surface area contributed by atoms with E-state index in [-0.39, 0.29) is 5.54 Å². The van der Waals surface area contributed by atoms with Crippen molar-refractivity contribution in [3.63, 3.8) is 0 Å². The Morgan fingerprint density at radius 3 is 1.67 bits per heavy atom. The second-order valence-corrected chi connectivity index (χ2v) is 6.59. The molecule has 0 heterocycles. The van der Waals surface area contributed by atoms with Crippen LogP contribution in [0.5, 0.6) is 0 Å². The van der Waals surface area contributed by atoms with Gasteiger partial charge in [-0.15, -0.1) is 0 Å². The highest BCUT2D eigenvalue weighted by Crippen LogP contribution is 2.27.